The van der Waals surface area contributed by atoms with E-state index in [2.05, 4.69) is 114 Å². The molecule has 3 aromatic heterocycles. The molecule has 6 aromatic carbocycles. The Hall–Kier alpha value is -5.41. The van der Waals surface area contributed by atoms with Gasteiger partial charge >= 0.3 is 0 Å². The summed E-state index contributed by atoms with van der Waals surface area (Å²) in [5, 5.41) is 8.33. The molecule has 0 atom stereocenters. The monoisotopic (exact) mass is 510 g/mol. The lowest BCUT2D eigenvalue weighted by Gasteiger charge is -2.13. The Labute approximate surface area is 229 Å². The Morgan fingerprint density at radius 3 is 2.20 bits per heavy atom. The molecule has 9 rings (SSSR count). The largest absolute Gasteiger partial charge is 0.455 e. The van der Waals surface area contributed by atoms with Gasteiger partial charge < -0.3 is 8.98 Å². The minimum Gasteiger partial charge on any atom is -0.455 e. The molecule has 0 N–H and O–H groups in total. The topological polar surface area (TPSA) is 31.0 Å². The summed E-state index contributed by atoms with van der Waals surface area (Å²) in [5.41, 5.74) is 8.54. The highest BCUT2D eigenvalue weighted by Crippen LogP contribution is 2.42. The van der Waals surface area contributed by atoms with E-state index in [-0.39, 0.29) is 0 Å². The minimum absolute atomic E-state index is 0.911. The normalized spacial score (nSPS) is 12.0. The van der Waals surface area contributed by atoms with Gasteiger partial charge in [0.1, 0.15) is 11.2 Å². The van der Waals surface area contributed by atoms with Crippen LogP contribution in [-0.2, 0) is 0 Å². The number of furan rings is 1. The first-order chi connectivity index (χ1) is 19.9. The smallest absolute Gasteiger partial charge is 0.143 e. The van der Waals surface area contributed by atoms with Crippen molar-refractivity contribution >= 4 is 65.4 Å². The van der Waals surface area contributed by atoms with E-state index < -0.39 is 0 Å². The van der Waals surface area contributed by atoms with Crippen molar-refractivity contribution in [2.75, 3.05) is 0 Å². The quantitative estimate of drug-likeness (QED) is 0.217. The zero-order chi connectivity index (χ0) is 26.2. The Morgan fingerprint density at radius 2 is 1.27 bits per heavy atom. The fraction of sp³-hybridized carbons (Fsp3) is 0. The molecular formula is C37H22N2O. The molecule has 0 aliphatic rings. The van der Waals surface area contributed by atoms with Crippen LogP contribution in [0.5, 0.6) is 0 Å². The number of aromatic nitrogens is 2. The molecule has 0 aliphatic heterocycles. The minimum atomic E-state index is 0.911. The van der Waals surface area contributed by atoms with Crippen molar-refractivity contribution in [3.8, 4) is 16.8 Å². The lowest BCUT2D eigenvalue weighted by molar-refractivity contribution is 0.670. The number of hydrogen-bond acceptors (Lipinski definition) is 2. The molecule has 3 nitrogen and oxygen atoms in total. The summed E-state index contributed by atoms with van der Waals surface area (Å²) >= 11 is 0. The summed E-state index contributed by atoms with van der Waals surface area (Å²) in [6, 6.07) is 45.1. The first kappa shape index (κ1) is 21.5. The zero-order valence-corrected chi connectivity index (χ0v) is 21.5. The molecular weight excluding hydrogens is 488 g/mol. The molecule has 186 valence electrons. The summed E-state index contributed by atoms with van der Waals surface area (Å²) < 4.78 is 8.81. The summed E-state index contributed by atoms with van der Waals surface area (Å²) in [5.74, 6) is 0. The van der Waals surface area contributed by atoms with Crippen LogP contribution in [-0.4, -0.2) is 9.55 Å². The summed E-state index contributed by atoms with van der Waals surface area (Å²) in [6.07, 6.45) is 1.89. The number of pyridine rings is 1. The van der Waals surface area contributed by atoms with E-state index in [0.717, 1.165) is 49.7 Å². The van der Waals surface area contributed by atoms with Crippen LogP contribution in [0.1, 0.15) is 0 Å². The second-order valence-corrected chi connectivity index (χ2v) is 10.4. The van der Waals surface area contributed by atoms with Gasteiger partial charge in [0.2, 0.25) is 0 Å². The second kappa shape index (κ2) is 8.05. The van der Waals surface area contributed by atoms with Crippen molar-refractivity contribution in [2.45, 2.75) is 0 Å². The van der Waals surface area contributed by atoms with Crippen molar-refractivity contribution in [1.29, 1.82) is 0 Å². The molecule has 0 bridgehead atoms. The van der Waals surface area contributed by atoms with Crippen LogP contribution in [0.3, 0.4) is 0 Å². The molecule has 0 radical (unpaired) electrons. The van der Waals surface area contributed by atoms with E-state index in [1.54, 1.807) is 0 Å². The van der Waals surface area contributed by atoms with Gasteiger partial charge in [-0.15, -0.1) is 0 Å². The van der Waals surface area contributed by atoms with Crippen LogP contribution in [0.4, 0.5) is 0 Å². The summed E-state index contributed by atoms with van der Waals surface area (Å²) in [6.45, 7) is 0. The zero-order valence-electron chi connectivity index (χ0n) is 21.5. The first-order valence-corrected chi connectivity index (χ1v) is 13.6. The summed E-state index contributed by atoms with van der Waals surface area (Å²) in [4.78, 5) is 4.86. The fourth-order valence-electron chi connectivity index (χ4n) is 6.54. The maximum absolute atomic E-state index is 6.40. The van der Waals surface area contributed by atoms with Crippen LogP contribution in [0.15, 0.2) is 138 Å². The molecule has 0 fully saturated rings. The van der Waals surface area contributed by atoms with Crippen LogP contribution in [0, 0.1) is 0 Å². The molecule has 0 saturated carbocycles. The highest BCUT2D eigenvalue weighted by Gasteiger charge is 2.20. The van der Waals surface area contributed by atoms with Crippen molar-refractivity contribution in [3.63, 3.8) is 0 Å². The van der Waals surface area contributed by atoms with Crippen LogP contribution in [0.25, 0.3) is 82.2 Å². The van der Waals surface area contributed by atoms with Crippen LogP contribution in [0.2, 0.25) is 0 Å². The third kappa shape index (κ3) is 2.86. The van der Waals surface area contributed by atoms with Crippen molar-refractivity contribution in [2.24, 2.45) is 0 Å². The maximum Gasteiger partial charge on any atom is 0.143 e. The van der Waals surface area contributed by atoms with Crippen molar-refractivity contribution < 1.29 is 4.42 Å². The maximum atomic E-state index is 6.40. The number of para-hydroxylation sites is 3. The first-order valence-electron chi connectivity index (χ1n) is 13.6. The van der Waals surface area contributed by atoms with Gasteiger partial charge in [-0.2, -0.15) is 0 Å². The molecule has 0 aliphatic carbocycles. The Morgan fingerprint density at radius 1 is 0.550 bits per heavy atom. The highest BCUT2D eigenvalue weighted by molar-refractivity contribution is 6.31. The van der Waals surface area contributed by atoms with Crippen molar-refractivity contribution in [3.05, 3.63) is 134 Å². The number of hydrogen-bond donors (Lipinski definition) is 0. The molecule has 0 unspecified atom stereocenters. The molecule has 3 heterocycles. The predicted octanol–water partition coefficient (Wildman–Crippen LogP) is 10.1. The van der Waals surface area contributed by atoms with E-state index >= 15 is 0 Å². The summed E-state index contributed by atoms with van der Waals surface area (Å²) in [7, 11) is 0. The molecule has 0 spiro atoms. The number of rotatable bonds is 2. The third-order valence-corrected chi connectivity index (χ3v) is 8.21. The lowest BCUT2D eigenvalue weighted by Crippen LogP contribution is -1.96. The Bertz CT molecular complexity index is 2440. The third-order valence-electron chi connectivity index (χ3n) is 8.21. The SMILES string of the molecule is c1cc(-c2cccc3c2oc2ccccc23)cc(-n2c3ccccc3c3c4ccccc4c4ncccc4c32)c1. The van der Waals surface area contributed by atoms with E-state index in [9.17, 15) is 0 Å². The van der Waals surface area contributed by atoms with Gasteiger partial charge in [-0.05, 0) is 47.3 Å². The van der Waals surface area contributed by atoms with Gasteiger partial charge in [-0.25, -0.2) is 0 Å². The lowest BCUT2D eigenvalue weighted by atomic mass is 9.99. The Kier molecular flexibility index (Phi) is 4.33. The molecule has 9 aromatic rings. The van der Waals surface area contributed by atoms with Gasteiger partial charge in [0.05, 0.1) is 16.6 Å². The van der Waals surface area contributed by atoms with E-state index in [4.69, 9.17) is 9.40 Å². The average molecular weight is 511 g/mol. The molecule has 0 saturated heterocycles. The van der Waals surface area contributed by atoms with Crippen LogP contribution < -0.4 is 0 Å². The predicted molar refractivity (Wildman–Crippen MR) is 166 cm³/mol. The number of fused-ring (bicyclic) bond motifs is 11. The molecule has 0 amide bonds. The van der Waals surface area contributed by atoms with E-state index in [1.165, 1.54) is 32.6 Å². The number of benzene rings is 6. The van der Waals surface area contributed by atoms with Gasteiger partial charge in [0.15, 0.2) is 0 Å². The van der Waals surface area contributed by atoms with Gasteiger partial charge in [-0.1, -0.05) is 91.0 Å². The molecule has 3 heteroatoms. The van der Waals surface area contributed by atoms with Gasteiger partial charge in [0.25, 0.3) is 0 Å². The van der Waals surface area contributed by atoms with E-state index in [0.29, 0.717) is 0 Å². The second-order valence-electron chi connectivity index (χ2n) is 10.4. The van der Waals surface area contributed by atoms with E-state index in [1.807, 2.05) is 24.4 Å². The highest BCUT2D eigenvalue weighted by atomic mass is 16.3. The number of nitrogens with zero attached hydrogens (tertiary/aromatic N) is 2. The fourth-order valence-corrected chi connectivity index (χ4v) is 6.54. The Balaban J connectivity index is 1.40. The van der Waals surface area contributed by atoms with Gasteiger partial charge in [-0.3, -0.25) is 4.98 Å². The standard InChI is InChI=1S/C37H22N2O/c1-2-14-28-27(13-1)34-30-15-3-5-19-32(30)39(36(34)31-18-9-21-38-35(28)31)24-11-7-10-23(22-24)25-16-8-17-29-26-12-4-6-20-33(26)40-37(25)29/h1-22H. The molecule has 40 heavy (non-hydrogen) atoms. The van der Waals surface area contributed by atoms with Crippen molar-refractivity contribution in [1.82, 2.24) is 9.55 Å². The van der Waals surface area contributed by atoms with Gasteiger partial charge in [0, 0.05) is 49.8 Å². The average Bonchev–Trinajstić information content (AvgIpc) is 3.58. The van der Waals surface area contributed by atoms with Crippen LogP contribution >= 0.6 is 0 Å².